The zero-order valence-electron chi connectivity index (χ0n) is 9.94. The summed E-state index contributed by atoms with van der Waals surface area (Å²) in [5.41, 5.74) is 0.957. The van der Waals surface area contributed by atoms with Crippen molar-refractivity contribution in [2.24, 2.45) is 0 Å². The number of carbonyl (C=O) groups excluding carboxylic acids is 1. The van der Waals surface area contributed by atoms with Gasteiger partial charge < -0.3 is 15.7 Å². The Kier molecular flexibility index (Phi) is 5.64. The summed E-state index contributed by atoms with van der Waals surface area (Å²) >= 11 is 3.38. The van der Waals surface area contributed by atoms with Gasteiger partial charge in [0.05, 0.1) is 6.42 Å². The van der Waals surface area contributed by atoms with E-state index < -0.39 is 12.0 Å². The molecule has 0 bridgehead atoms. The second kappa shape index (κ2) is 7.00. The molecular formula is C12H15BrN2O3. The first-order valence-corrected chi connectivity index (χ1v) is 6.28. The lowest BCUT2D eigenvalue weighted by atomic mass is 10.2. The van der Waals surface area contributed by atoms with Crippen LogP contribution >= 0.6 is 15.9 Å². The van der Waals surface area contributed by atoms with Crippen LogP contribution in [-0.2, 0) is 11.3 Å². The van der Waals surface area contributed by atoms with Crippen LogP contribution in [-0.4, -0.2) is 23.1 Å². The minimum absolute atomic E-state index is 0.0948. The number of hydrogen-bond acceptors (Lipinski definition) is 2. The highest BCUT2D eigenvalue weighted by atomic mass is 79.9. The third kappa shape index (κ3) is 5.18. The number of hydrogen-bond donors (Lipinski definition) is 3. The molecule has 18 heavy (non-hydrogen) atoms. The van der Waals surface area contributed by atoms with Gasteiger partial charge in [-0.3, -0.25) is 4.79 Å². The van der Waals surface area contributed by atoms with E-state index in [4.69, 9.17) is 5.11 Å². The van der Waals surface area contributed by atoms with E-state index in [1.165, 1.54) is 0 Å². The molecule has 98 valence electrons. The van der Waals surface area contributed by atoms with Gasteiger partial charge in [-0.25, -0.2) is 4.79 Å². The number of nitrogens with one attached hydrogen (secondary N) is 2. The maximum atomic E-state index is 11.5. The Morgan fingerprint density at radius 1 is 1.39 bits per heavy atom. The molecule has 0 aliphatic carbocycles. The van der Waals surface area contributed by atoms with Gasteiger partial charge in [-0.15, -0.1) is 0 Å². The van der Waals surface area contributed by atoms with Gasteiger partial charge >= 0.3 is 12.0 Å². The summed E-state index contributed by atoms with van der Waals surface area (Å²) in [7, 11) is 0. The van der Waals surface area contributed by atoms with Crippen LogP contribution in [0.1, 0.15) is 18.9 Å². The highest BCUT2D eigenvalue weighted by Gasteiger charge is 2.10. The normalized spacial score (nSPS) is 11.7. The summed E-state index contributed by atoms with van der Waals surface area (Å²) in [5.74, 6) is -0.936. The number of amides is 2. The van der Waals surface area contributed by atoms with Crippen molar-refractivity contribution in [1.29, 1.82) is 0 Å². The molecule has 0 aliphatic rings. The van der Waals surface area contributed by atoms with E-state index in [9.17, 15) is 9.59 Å². The fourth-order valence-corrected chi connectivity index (χ4v) is 1.83. The van der Waals surface area contributed by atoms with Crippen LogP contribution in [0.2, 0.25) is 0 Å². The average Bonchev–Trinajstić information content (AvgIpc) is 2.26. The molecule has 1 unspecified atom stereocenters. The average molecular weight is 315 g/mol. The van der Waals surface area contributed by atoms with Crippen molar-refractivity contribution in [3.05, 3.63) is 34.3 Å². The van der Waals surface area contributed by atoms with E-state index in [0.29, 0.717) is 6.54 Å². The van der Waals surface area contributed by atoms with Crippen molar-refractivity contribution < 1.29 is 14.7 Å². The smallest absolute Gasteiger partial charge is 0.315 e. The molecule has 0 spiro atoms. The summed E-state index contributed by atoms with van der Waals surface area (Å²) in [6.45, 7) is 2.03. The Hall–Kier alpha value is -1.56. The first-order valence-electron chi connectivity index (χ1n) is 5.48. The van der Waals surface area contributed by atoms with E-state index in [1.54, 1.807) is 6.92 Å². The number of benzene rings is 1. The van der Waals surface area contributed by atoms with Gasteiger partial charge in [-0.1, -0.05) is 34.1 Å². The molecule has 3 N–H and O–H groups in total. The number of carbonyl (C=O) groups is 2. The van der Waals surface area contributed by atoms with E-state index in [-0.39, 0.29) is 12.5 Å². The van der Waals surface area contributed by atoms with Crippen molar-refractivity contribution in [1.82, 2.24) is 10.6 Å². The molecular weight excluding hydrogens is 300 g/mol. The van der Waals surface area contributed by atoms with Gasteiger partial charge in [0.15, 0.2) is 0 Å². The van der Waals surface area contributed by atoms with Crippen molar-refractivity contribution >= 4 is 27.9 Å². The predicted octanol–water partition coefficient (Wildman–Crippen LogP) is 2.11. The molecule has 0 saturated heterocycles. The highest BCUT2D eigenvalue weighted by molar-refractivity contribution is 9.10. The zero-order valence-corrected chi connectivity index (χ0v) is 11.5. The number of carboxylic acid groups (broad SMARTS) is 1. The Morgan fingerprint density at radius 3 is 2.67 bits per heavy atom. The van der Waals surface area contributed by atoms with Gasteiger partial charge in [0, 0.05) is 17.1 Å². The standard InChI is InChI=1S/C12H15BrN2O3/c1-8(6-11(16)17)15-12(18)14-7-9-4-2-3-5-10(9)13/h2-5,8H,6-7H2,1H3,(H,16,17)(H2,14,15,18). The monoisotopic (exact) mass is 314 g/mol. The fraction of sp³-hybridized carbons (Fsp3) is 0.333. The van der Waals surface area contributed by atoms with Gasteiger partial charge in [0.1, 0.15) is 0 Å². The highest BCUT2D eigenvalue weighted by Crippen LogP contribution is 2.15. The molecule has 2 amide bonds. The number of urea groups is 1. The molecule has 0 radical (unpaired) electrons. The van der Waals surface area contributed by atoms with Gasteiger partial charge in [0.2, 0.25) is 0 Å². The van der Waals surface area contributed by atoms with Crippen LogP contribution in [0, 0.1) is 0 Å². The molecule has 0 saturated carbocycles. The second-order valence-electron chi connectivity index (χ2n) is 3.92. The van der Waals surface area contributed by atoms with Gasteiger partial charge in [0.25, 0.3) is 0 Å². The van der Waals surface area contributed by atoms with Crippen LogP contribution in [0.15, 0.2) is 28.7 Å². The first kappa shape index (κ1) is 14.5. The Bertz CT molecular complexity index is 437. The summed E-state index contributed by atoms with van der Waals surface area (Å²) in [5, 5.41) is 13.8. The Morgan fingerprint density at radius 2 is 2.06 bits per heavy atom. The lowest BCUT2D eigenvalue weighted by molar-refractivity contribution is -0.137. The summed E-state index contributed by atoms with van der Waals surface area (Å²) in [4.78, 5) is 21.9. The minimum Gasteiger partial charge on any atom is -0.481 e. The minimum atomic E-state index is -0.936. The first-order chi connectivity index (χ1) is 8.49. The van der Waals surface area contributed by atoms with Gasteiger partial charge in [-0.05, 0) is 18.6 Å². The molecule has 1 aromatic rings. The van der Waals surface area contributed by atoms with E-state index in [1.807, 2.05) is 24.3 Å². The maximum Gasteiger partial charge on any atom is 0.315 e. The van der Waals surface area contributed by atoms with E-state index >= 15 is 0 Å². The molecule has 0 heterocycles. The summed E-state index contributed by atoms with van der Waals surface area (Å²) in [6, 6.07) is 6.78. The van der Waals surface area contributed by atoms with Crippen molar-refractivity contribution in [3.8, 4) is 0 Å². The van der Waals surface area contributed by atoms with E-state index in [0.717, 1.165) is 10.0 Å². The third-order valence-electron chi connectivity index (χ3n) is 2.26. The number of carboxylic acids is 1. The lowest BCUT2D eigenvalue weighted by Gasteiger charge is -2.13. The third-order valence-corrected chi connectivity index (χ3v) is 3.03. The van der Waals surface area contributed by atoms with Crippen molar-refractivity contribution in [2.75, 3.05) is 0 Å². The molecule has 0 aromatic heterocycles. The molecule has 1 atom stereocenters. The Balaban J connectivity index is 2.38. The van der Waals surface area contributed by atoms with E-state index in [2.05, 4.69) is 26.6 Å². The fourth-order valence-electron chi connectivity index (χ4n) is 1.41. The SMILES string of the molecule is CC(CC(=O)O)NC(=O)NCc1ccccc1Br. The molecule has 0 aliphatic heterocycles. The molecule has 6 heteroatoms. The maximum absolute atomic E-state index is 11.5. The zero-order chi connectivity index (χ0) is 13.5. The van der Waals surface area contributed by atoms with Crippen LogP contribution in [0.3, 0.4) is 0 Å². The summed E-state index contributed by atoms with van der Waals surface area (Å²) < 4.78 is 0.920. The van der Waals surface area contributed by atoms with Crippen LogP contribution in [0.25, 0.3) is 0 Å². The van der Waals surface area contributed by atoms with Gasteiger partial charge in [-0.2, -0.15) is 0 Å². The Labute approximate surface area is 114 Å². The predicted molar refractivity (Wildman–Crippen MR) is 71.2 cm³/mol. The molecule has 1 aromatic carbocycles. The van der Waals surface area contributed by atoms with Crippen molar-refractivity contribution in [2.45, 2.75) is 25.9 Å². The number of rotatable bonds is 5. The molecule has 1 rings (SSSR count). The van der Waals surface area contributed by atoms with Crippen LogP contribution < -0.4 is 10.6 Å². The summed E-state index contributed by atoms with van der Waals surface area (Å²) in [6.07, 6.45) is -0.0948. The lowest BCUT2D eigenvalue weighted by Crippen LogP contribution is -2.41. The number of halogens is 1. The van der Waals surface area contributed by atoms with Crippen LogP contribution in [0.5, 0.6) is 0 Å². The number of aliphatic carboxylic acids is 1. The topological polar surface area (TPSA) is 78.4 Å². The largest absolute Gasteiger partial charge is 0.481 e. The molecule has 0 fully saturated rings. The quantitative estimate of drug-likeness (QED) is 0.779. The second-order valence-corrected chi connectivity index (χ2v) is 4.77. The molecule has 5 nitrogen and oxygen atoms in total. The van der Waals surface area contributed by atoms with Crippen LogP contribution in [0.4, 0.5) is 4.79 Å². The van der Waals surface area contributed by atoms with Crippen molar-refractivity contribution in [3.63, 3.8) is 0 Å².